The summed E-state index contributed by atoms with van der Waals surface area (Å²) in [7, 11) is -3.44. The lowest BCUT2D eigenvalue weighted by atomic mass is 10.1. The Labute approximate surface area is 128 Å². The molecule has 1 aromatic rings. The topological polar surface area (TPSA) is 63.1 Å². The molecule has 0 radical (unpaired) electrons. The van der Waals surface area contributed by atoms with Crippen LogP contribution in [0.15, 0.2) is 17.2 Å². The highest BCUT2D eigenvalue weighted by molar-refractivity contribution is 7.89. The number of nitrogens with zero attached hydrogens (tertiary/aromatic N) is 1. The molecular formula is C15H27N3O2S. The van der Waals surface area contributed by atoms with Gasteiger partial charge in [-0.25, -0.2) is 13.1 Å². The van der Waals surface area contributed by atoms with E-state index in [-0.39, 0.29) is 12.0 Å². The normalized spacial score (nSPS) is 17.4. The molecule has 5 nitrogen and oxygen atoms in total. The van der Waals surface area contributed by atoms with Crippen molar-refractivity contribution in [2.24, 2.45) is 5.92 Å². The SMILES string of the molecule is CCNCc1cc(S(=O)(=O)NC(C)C(C)C)cn1C1CC1. The minimum atomic E-state index is -3.44. The Kier molecular flexibility index (Phi) is 5.11. The number of hydrogen-bond acceptors (Lipinski definition) is 3. The summed E-state index contributed by atoms with van der Waals surface area (Å²) >= 11 is 0. The Morgan fingerprint density at radius 1 is 1.33 bits per heavy atom. The van der Waals surface area contributed by atoms with Gasteiger partial charge >= 0.3 is 0 Å². The molecule has 2 N–H and O–H groups in total. The zero-order valence-electron chi connectivity index (χ0n) is 13.4. The molecule has 0 bridgehead atoms. The summed E-state index contributed by atoms with van der Waals surface area (Å²) in [6.07, 6.45) is 4.08. The first-order valence-corrected chi connectivity index (χ1v) is 9.27. The molecule has 1 fully saturated rings. The van der Waals surface area contributed by atoms with Crippen LogP contribution in [0.5, 0.6) is 0 Å². The minimum Gasteiger partial charge on any atom is -0.346 e. The first-order valence-electron chi connectivity index (χ1n) is 7.79. The number of nitrogens with one attached hydrogen (secondary N) is 2. The van der Waals surface area contributed by atoms with Gasteiger partial charge in [0.25, 0.3) is 0 Å². The van der Waals surface area contributed by atoms with Crippen LogP contribution in [0.2, 0.25) is 0 Å². The van der Waals surface area contributed by atoms with Crippen molar-refractivity contribution in [3.05, 3.63) is 18.0 Å². The molecule has 1 atom stereocenters. The molecule has 2 rings (SSSR count). The molecule has 1 heterocycles. The van der Waals surface area contributed by atoms with Crippen LogP contribution in [0.1, 0.15) is 52.3 Å². The molecular weight excluding hydrogens is 286 g/mol. The maximum atomic E-state index is 12.5. The van der Waals surface area contributed by atoms with Gasteiger partial charge in [0.05, 0.1) is 4.90 Å². The van der Waals surface area contributed by atoms with Gasteiger partial charge in [-0.05, 0) is 38.3 Å². The molecule has 1 aliphatic rings. The molecule has 120 valence electrons. The van der Waals surface area contributed by atoms with Crippen LogP contribution in [0.4, 0.5) is 0 Å². The number of hydrogen-bond donors (Lipinski definition) is 2. The second-order valence-corrected chi connectivity index (χ2v) is 7.95. The number of rotatable bonds is 8. The maximum Gasteiger partial charge on any atom is 0.242 e. The van der Waals surface area contributed by atoms with Crippen molar-refractivity contribution in [2.45, 2.75) is 64.1 Å². The van der Waals surface area contributed by atoms with E-state index in [9.17, 15) is 8.42 Å². The van der Waals surface area contributed by atoms with E-state index in [4.69, 9.17) is 0 Å². The standard InChI is InChI=1S/C15H27N3O2S/c1-5-16-9-14-8-15(10-18(14)13-6-7-13)21(19,20)17-12(4)11(2)3/h8,10-13,16-17H,5-7,9H2,1-4H3. The van der Waals surface area contributed by atoms with E-state index in [1.807, 2.05) is 27.7 Å². The summed E-state index contributed by atoms with van der Waals surface area (Å²) in [6, 6.07) is 2.21. The lowest BCUT2D eigenvalue weighted by Gasteiger charge is -2.16. The predicted octanol–water partition coefficient (Wildman–Crippen LogP) is 2.26. The summed E-state index contributed by atoms with van der Waals surface area (Å²) in [5.74, 6) is 0.270. The van der Waals surface area contributed by atoms with E-state index in [0.717, 1.165) is 25.1 Å². The first-order chi connectivity index (χ1) is 9.85. The highest BCUT2D eigenvalue weighted by Crippen LogP contribution is 2.37. The van der Waals surface area contributed by atoms with E-state index in [0.29, 0.717) is 17.5 Å². The summed E-state index contributed by atoms with van der Waals surface area (Å²) in [6.45, 7) is 9.56. The summed E-state index contributed by atoms with van der Waals surface area (Å²) in [5, 5.41) is 3.28. The molecule has 0 spiro atoms. The van der Waals surface area contributed by atoms with Crippen LogP contribution in [-0.4, -0.2) is 25.6 Å². The average molecular weight is 313 g/mol. The molecule has 0 aliphatic heterocycles. The molecule has 1 unspecified atom stereocenters. The fraction of sp³-hybridized carbons (Fsp3) is 0.733. The monoisotopic (exact) mass is 313 g/mol. The van der Waals surface area contributed by atoms with Gasteiger partial charge in [0.1, 0.15) is 0 Å². The van der Waals surface area contributed by atoms with Crippen LogP contribution >= 0.6 is 0 Å². The Balaban J connectivity index is 2.22. The summed E-state index contributed by atoms with van der Waals surface area (Å²) in [4.78, 5) is 0.384. The van der Waals surface area contributed by atoms with Crippen molar-refractivity contribution < 1.29 is 8.42 Å². The fourth-order valence-electron chi connectivity index (χ4n) is 2.18. The van der Waals surface area contributed by atoms with Gasteiger partial charge in [-0.3, -0.25) is 0 Å². The van der Waals surface area contributed by atoms with Gasteiger partial charge in [-0.15, -0.1) is 0 Å². The lowest BCUT2D eigenvalue weighted by Crippen LogP contribution is -2.35. The second kappa shape index (κ2) is 6.50. The van der Waals surface area contributed by atoms with Gasteiger partial charge in [-0.1, -0.05) is 20.8 Å². The van der Waals surface area contributed by atoms with Crippen molar-refractivity contribution in [3.63, 3.8) is 0 Å². The summed E-state index contributed by atoms with van der Waals surface area (Å²) < 4.78 is 29.9. The molecule has 21 heavy (non-hydrogen) atoms. The molecule has 1 saturated carbocycles. The molecule has 0 saturated heterocycles. The zero-order chi connectivity index (χ0) is 15.6. The van der Waals surface area contributed by atoms with E-state index in [1.165, 1.54) is 0 Å². The summed E-state index contributed by atoms with van der Waals surface area (Å²) in [5.41, 5.74) is 1.05. The highest BCUT2D eigenvalue weighted by Gasteiger charge is 2.28. The largest absolute Gasteiger partial charge is 0.346 e. The van der Waals surface area contributed by atoms with E-state index < -0.39 is 10.0 Å². The van der Waals surface area contributed by atoms with Crippen LogP contribution < -0.4 is 10.0 Å². The van der Waals surface area contributed by atoms with Crippen LogP contribution in [-0.2, 0) is 16.6 Å². The van der Waals surface area contributed by atoms with Crippen LogP contribution in [0, 0.1) is 5.92 Å². The van der Waals surface area contributed by atoms with Gasteiger partial charge in [0.15, 0.2) is 0 Å². The zero-order valence-corrected chi connectivity index (χ0v) is 14.2. The number of sulfonamides is 1. The first kappa shape index (κ1) is 16.5. The maximum absolute atomic E-state index is 12.5. The van der Waals surface area contributed by atoms with Crippen molar-refractivity contribution in [3.8, 4) is 0 Å². The van der Waals surface area contributed by atoms with E-state index >= 15 is 0 Å². The van der Waals surface area contributed by atoms with Gasteiger partial charge in [-0.2, -0.15) is 0 Å². The number of aromatic nitrogens is 1. The van der Waals surface area contributed by atoms with Gasteiger partial charge in [0.2, 0.25) is 10.0 Å². The van der Waals surface area contributed by atoms with Crippen LogP contribution in [0.3, 0.4) is 0 Å². The third-order valence-corrected chi connectivity index (χ3v) is 5.58. The minimum absolute atomic E-state index is 0.0727. The Hall–Kier alpha value is -0.850. The second-order valence-electron chi connectivity index (χ2n) is 6.24. The quantitative estimate of drug-likeness (QED) is 0.774. The molecule has 6 heteroatoms. The average Bonchev–Trinajstić information content (AvgIpc) is 3.15. The van der Waals surface area contributed by atoms with Crippen molar-refractivity contribution in [2.75, 3.05) is 6.54 Å². The van der Waals surface area contributed by atoms with Crippen LogP contribution in [0.25, 0.3) is 0 Å². The predicted molar refractivity (Wildman–Crippen MR) is 84.7 cm³/mol. The highest BCUT2D eigenvalue weighted by atomic mass is 32.2. The molecule has 0 amide bonds. The van der Waals surface area contributed by atoms with Gasteiger partial charge < -0.3 is 9.88 Å². The Morgan fingerprint density at radius 3 is 2.52 bits per heavy atom. The van der Waals surface area contributed by atoms with Gasteiger partial charge in [0, 0.05) is 30.5 Å². The fourth-order valence-corrected chi connectivity index (χ4v) is 3.62. The van der Waals surface area contributed by atoms with E-state index in [1.54, 1.807) is 12.3 Å². The Bertz CT molecular complexity index is 574. The van der Waals surface area contributed by atoms with Crippen molar-refractivity contribution in [1.29, 1.82) is 0 Å². The Morgan fingerprint density at radius 2 is 2.00 bits per heavy atom. The third kappa shape index (κ3) is 4.08. The van der Waals surface area contributed by atoms with Crippen molar-refractivity contribution in [1.82, 2.24) is 14.6 Å². The third-order valence-electron chi connectivity index (χ3n) is 4.05. The lowest BCUT2D eigenvalue weighted by molar-refractivity contribution is 0.476. The van der Waals surface area contributed by atoms with Crippen molar-refractivity contribution >= 4 is 10.0 Å². The smallest absolute Gasteiger partial charge is 0.242 e. The van der Waals surface area contributed by atoms with E-state index in [2.05, 4.69) is 14.6 Å². The molecule has 1 aliphatic carbocycles. The molecule has 0 aromatic carbocycles. The molecule has 1 aromatic heterocycles.